The summed E-state index contributed by atoms with van der Waals surface area (Å²) in [6.45, 7) is -6.33. The molecule has 0 heterocycles. The standard InChI is InChI=1S/C17H12ClF5O5.C16H10ClF5O5/c1-7-8(18)6-11(12(13(7)19)16(24)26-3)27-10-5-4-9(28-17(21,22)23)14(20)15(10)25-2;1-6-7(17)5-10(11(12(6)18)15(23)24)26-9-4-3-8(27-16(20,21)22)13(19)14(9)25-2/h4-6H,1-3H3;3-5H,1-2H3,(H,23,24)/i2*1D3,2D3. The molecule has 0 atom stereocenters. The van der Waals surface area contributed by atoms with Gasteiger partial charge < -0.3 is 38.3 Å². The summed E-state index contributed by atoms with van der Waals surface area (Å²) in [6, 6.07) is 2.98. The van der Waals surface area contributed by atoms with Gasteiger partial charge in [-0.15, -0.1) is 26.3 Å². The first kappa shape index (κ1) is 28.9. The molecule has 0 aromatic heterocycles. The van der Waals surface area contributed by atoms with E-state index in [2.05, 4.69) is 23.7 Å². The van der Waals surface area contributed by atoms with E-state index in [4.69, 9.17) is 49.1 Å². The molecule has 4 aromatic rings. The Bertz CT molecular complexity index is 2540. The Morgan fingerprint density at radius 2 is 1.02 bits per heavy atom. The number of benzene rings is 4. The van der Waals surface area contributed by atoms with Gasteiger partial charge in [0.05, 0.1) is 39.5 Å². The van der Waals surface area contributed by atoms with E-state index in [9.17, 15) is 58.6 Å². The molecule has 0 unspecified atom stereocenters. The molecule has 0 aliphatic rings. The molecule has 0 amide bonds. The first-order valence-electron chi connectivity index (χ1n) is 19.4. The smallest absolute Gasteiger partial charge is 0.490 e. The van der Waals surface area contributed by atoms with Crippen molar-refractivity contribution >= 4 is 35.1 Å². The number of esters is 1. The highest BCUT2D eigenvalue weighted by Crippen LogP contribution is 2.44. The van der Waals surface area contributed by atoms with E-state index in [0.29, 0.717) is 36.4 Å². The van der Waals surface area contributed by atoms with Crippen molar-refractivity contribution in [1.29, 1.82) is 0 Å². The van der Waals surface area contributed by atoms with Crippen molar-refractivity contribution < 1.29 is 108 Å². The van der Waals surface area contributed by atoms with Crippen LogP contribution in [-0.2, 0) is 4.74 Å². The van der Waals surface area contributed by atoms with Gasteiger partial charge >= 0.3 is 24.7 Å². The molecule has 0 saturated carbocycles. The molecule has 55 heavy (non-hydrogen) atoms. The van der Waals surface area contributed by atoms with Crippen LogP contribution >= 0.6 is 23.2 Å². The third-order valence-electron chi connectivity index (χ3n) is 6.11. The van der Waals surface area contributed by atoms with E-state index >= 15 is 0 Å². The Morgan fingerprint density at radius 3 is 1.36 bits per heavy atom. The number of hydrogen-bond acceptors (Lipinski definition) is 9. The van der Waals surface area contributed by atoms with Gasteiger partial charge in [0.25, 0.3) is 0 Å². The predicted molar refractivity (Wildman–Crippen MR) is 170 cm³/mol. The number of alkyl halides is 6. The Labute approximate surface area is 329 Å². The van der Waals surface area contributed by atoms with Crippen molar-refractivity contribution in [3.63, 3.8) is 0 Å². The number of ether oxygens (including phenoxy) is 7. The van der Waals surface area contributed by atoms with Gasteiger partial charge in [-0.2, -0.15) is 8.78 Å². The molecule has 4 rings (SSSR count). The van der Waals surface area contributed by atoms with Gasteiger partial charge in [-0.05, 0) is 38.0 Å². The maximum absolute atomic E-state index is 15.0. The van der Waals surface area contributed by atoms with E-state index in [1.165, 1.54) is 0 Å². The fraction of sp³-hybridized carbons (Fsp3) is 0.212. The molecular weight excluding hydrogens is 817 g/mol. The van der Waals surface area contributed by atoms with Crippen LogP contribution in [0.1, 0.15) is 48.3 Å². The highest BCUT2D eigenvalue weighted by atomic mass is 35.5. The number of hydrogen-bond donors (Lipinski definition) is 1. The molecule has 0 bridgehead atoms. The second-order valence-electron chi connectivity index (χ2n) is 9.55. The zero-order chi connectivity index (χ0) is 51.7. The minimum absolute atomic E-state index is 0.347. The van der Waals surface area contributed by atoms with Crippen LogP contribution in [0.5, 0.6) is 46.0 Å². The van der Waals surface area contributed by atoms with Crippen LogP contribution in [0.2, 0.25) is 10.0 Å². The Kier molecular flexibility index (Phi) is 9.09. The van der Waals surface area contributed by atoms with Crippen molar-refractivity contribution in [2.45, 2.75) is 26.4 Å². The van der Waals surface area contributed by atoms with Crippen molar-refractivity contribution in [1.82, 2.24) is 0 Å². The molecule has 0 fully saturated rings. The van der Waals surface area contributed by atoms with Gasteiger partial charge in [-0.1, -0.05) is 23.2 Å². The number of carboxylic acids is 1. The highest BCUT2D eigenvalue weighted by molar-refractivity contribution is 6.32. The largest absolute Gasteiger partial charge is 0.573 e. The number of carboxylic acid groups (broad SMARTS) is 1. The third-order valence-corrected chi connectivity index (χ3v) is 6.71. The topological polar surface area (TPSA) is 119 Å². The molecule has 0 spiro atoms. The summed E-state index contributed by atoms with van der Waals surface area (Å²) in [4.78, 5) is 23.6. The molecule has 10 nitrogen and oxygen atoms in total. The summed E-state index contributed by atoms with van der Waals surface area (Å²) in [7, 11) is -6.03. The van der Waals surface area contributed by atoms with Crippen molar-refractivity contribution in [2.75, 3.05) is 21.2 Å². The monoisotopic (exact) mass is 850 g/mol. The second-order valence-corrected chi connectivity index (χ2v) is 10.4. The van der Waals surface area contributed by atoms with Crippen molar-refractivity contribution in [3.05, 3.63) is 92.0 Å². The maximum Gasteiger partial charge on any atom is 0.573 e. The third kappa shape index (κ3) is 10.4. The van der Waals surface area contributed by atoms with Gasteiger partial charge in [-0.25, -0.2) is 18.4 Å². The van der Waals surface area contributed by atoms with Gasteiger partial charge in [0.15, 0.2) is 23.0 Å². The van der Waals surface area contributed by atoms with Crippen LogP contribution in [0.4, 0.5) is 43.9 Å². The zero-order valence-corrected chi connectivity index (χ0v) is 27.6. The van der Waals surface area contributed by atoms with E-state index < -0.39 is 154 Å². The fourth-order valence-electron chi connectivity index (χ4n) is 3.88. The van der Waals surface area contributed by atoms with Crippen LogP contribution in [-0.4, -0.2) is 51.0 Å². The Hall–Kier alpha value is -5.50. The fourth-order valence-corrected chi connectivity index (χ4v) is 4.25. The zero-order valence-electron chi connectivity index (χ0n) is 38.1. The molecule has 0 radical (unpaired) electrons. The summed E-state index contributed by atoms with van der Waals surface area (Å²) < 4.78 is 250. The predicted octanol–water partition coefficient (Wildman–Crippen LogP) is 10.7. The average Bonchev–Trinajstić information content (AvgIpc) is 3.10. The molecule has 298 valence electrons. The molecular formula is C33H22Cl2F10O10. The van der Waals surface area contributed by atoms with Crippen LogP contribution in [0.3, 0.4) is 0 Å². The average molecular weight is 851 g/mol. The second kappa shape index (κ2) is 17.3. The molecule has 4 aromatic carbocycles. The minimum atomic E-state index is -5.38. The SMILES string of the molecule is [2H]C([2H])([2H])Oc1c(Oc2cc(Cl)c(C([2H])([2H])[2H])c(F)c2C(=O)O)ccc(OC(F)(F)F)c1F.[2H]C([2H])([2H])Oc1c(Oc2cc(Cl)c(C([2H])([2H])[2H])c(F)c2C(=O)OC)ccc(OC(F)(F)F)c1F. The van der Waals surface area contributed by atoms with Crippen LogP contribution in [0.25, 0.3) is 0 Å². The number of methoxy groups -OCH3 is 3. The molecule has 1 N–H and O–H groups in total. The number of halogens is 12. The quantitative estimate of drug-likeness (QED) is 0.122. The Balaban J connectivity index is 0.000000355. The summed E-state index contributed by atoms with van der Waals surface area (Å²) in [5, 5.41) is 7.70. The van der Waals surface area contributed by atoms with E-state index in [-0.39, 0.29) is 0 Å². The van der Waals surface area contributed by atoms with E-state index in [0.717, 1.165) is 7.11 Å². The lowest BCUT2D eigenvalue weighted by Crippen LogP contribution is -2.18. The first-order chi connectivity index (χ1) is 30.2. The van der Waals surface area contributed by atoms with Crippen LogP contribution < -0.4 is 28.4 Å². The number of carbonyl (C=O) groups excluding carboxylic acids is 1. The van der Waals surface area contributed by atoms with Gasteiger partial charge in [0.1, 0.15) is 34.3 Å². The highest BCUT2D eigenvalue weighted by Gasteiger charge is 2.35. The summed E-state index contributed by atoms with van der Waals surface area (Å²) in [5.74, 6) is -20.8. The van der Waals surface area contributed by atoms with Crippen LogP contribution in [0.15, 0.2) is 36.4 Å². The summed E-state index contributed by atoms with van der Waals surface area (Å²) in [6.07, 6.45) is -10.7. The molecule has 0 aliphatic carbocycles. The van der Waals surface area contributed by atoms with Gasteiger partial charge in [0, 0.05) is 31.5 Å². The summed E-state index contributed by atoms with van der Waals surface area (Å²) in [5.41, 5.74) is -4.77. The number of aromatic carboxylic acids is 1. The van der Waals surface area contributed by atoms with Crippen molar-refractivity contribution in [2.24, 2.45) is 0 Å². The minimum Gasteiger partial charge on any atom is -0.490 e. The lowest BCUT2D eigenvalue weighted by Gasteiger charge is -2.17. The number of carbonyl (C=O) groups is 2. The normalized spacial score (nSPS) is 15.4. The first-order valence-corrected chi connectivity index (χ1v) is 14.2. The van der Waals surface area contributed by atoms with E-state index in [1.807, 2.05) is 0 Å². The van der Waals surface area contributed by atoms with Crippen LogP contribution in [0, 0.1) is 37.0 Å². The lowest BCUT2D eigenvalue weighted by molar-refractivity contribution is -0.276. The van der Waals surface area contributed by atoms with Crippen molar-refractivity contribution in [3.8, 4) is 46.0 Å². The Morgan fingerprint density at radius 1 is 0.636 bits per heavy atom. The molecule has 22 heteroatoms. The van der Waals surface area contributed by atoms with Gasteiger partial charge in [-0.3, -0.25) is 0 Å². The number of rotatable bonds is 10. The summed E-state index contributed by atoms with van der Waals surface area (Å²) >= 11 is 11.5. The van der Waals surface area contributed by atoms with Gasteiger partial charge in [0.2, 0.25) is 23.1 Å². The molecule has 0 aliphatic heterocycles. The molecule has 0 saturated heterocycles. The van der Waals surface area contributed by atoms with E-state index in [1.54, 1.807) is 0 Å². The lowest BCUT2D eigenvalue weighted by atomic mass is 10.1. The maximum atomic E-state index is 15.0.